The molecule has 0 aromatic rings. The summed E-state index contributed by atoms with van der Waals surface area (Å²) in [4.78, 5) is 1.90. The Labute approximate surface area is 84.6 Å². The number of hydrogen-bond acceptors (Lipinski definition) is 3. The monoisotopic (exact) mass is 201 g/mol. The van der Waals surface area contributed by atoms with Crippen LogP contribution in [-0.4, -0.2) is 30.6 Å². The van der Waals surface area contributed by atoms with Gasteiger partial charge in [0.2, 0.25) is 0 Å². The van der Waals surface area contributed by atoms with Crippen LogP contribution < -0.4 is 5.32 Å². The van der Waals surface area contributed by atoms with Gasteiger partial charge in [0.05, 0.1) is 0 Å². The molecule has 0 rings (SSSR count). The van der Waals surface area contributed by atoms with E-state index >= 15 is 0 Å². The maximum Gasteiger partial charge on any atom is 0.107 e. The molecule has 0 aliphatic rings. The molecule has 0 aromatic heterocycles. The molecule has 74 valence electrons. The zero-order chi connectivity index (χ0) is 10.3. The van der Waals surface area contributed by atoms with Crippen LogP contribution in [0.3, 0.4) is 0 Å². The fourth-order valence-electron chi connectivity index (χ4n) is 0.694. The normalized spacial score (nSPS) is 11.8. The summed E-state index contributed by atoms with van der Waals surface area (Å²) < 4.78 is 0. The van der Waals surface area contributed by atoms with Crippen LogP contribution in [-0.2, 0) is 0 Å². The van der Waals surface area contributed by atoms with Gasteiger partial charge in [-0.15, -0.1) is 11.6 Å². The van der Waals surface area contributed by atoms with E-state index in [4.69, 9.17) is 17.0 Å². The van der Waals surface area contributed by atoms with E-state index in [1.54, 1.807) is 25.3 Å². The van der Waals surface area contributed by atoms with E-state index in [0.717, 1.165) is 5.82 Å². The Morgan fingerprint density at radius 3 is 2.54 bits per heavy atom. The third-order valence-electron chi connectivity index (χ3n) is 1.27. The van der Waals surface area contributed by atoms with Crippen molar-refractivity contribution in [1.82, 2.24) is 10.2 Å². The van der Waals surface area contributed by atoms with Gasteiger partial charge in [-0.2, -0.15) is 0 Å². The van der Waals surface area contributed by atoms with E-state index < -0.39 is 0 Å². The van der Waals surface area contributed by atoms with Crippen LogP contribution in [0.1, 0.15) is 6.92 Å². The van der Waals surface area contributed by atoms with E-state index in [0.29, 0.717) is 11.6 Å². The molecule has 2 N–H and O–H groups in total. The Kier molecular flexibility index (Phi) is 6.06. The number of alkyl halides is 1. The summed E-state index contributed by atoms with van der Waals surface area (Å²) >= 11 is 5.47. The van der Waals surface area contributed by atoms with Gasteiger partial charge < -0.3 is 15.6 Å². The summed E-state index contributed by atoms with van der Waals surface area (Å²) in [6.07, 6.45) is 5.32. The fraction of sp³-hybridized carbons (Fsp3) is 0.444. The highest BCUT2D eigenvalue weighted by molar-refractivity contribution is 6.18. The average molecular weight is 202 g/mol. The summed E-state index contributed by atoms with van der Waals surface area (Å²) in [6, 6.07) is 0. The van der Waals surface area contributed by atoms with Crippen LogP contribution in [0.2, 0.25) is 0 Å². The fourth-order valence-corrected chi connectivity index (χ4v) is 0.783. The van der Waals surface area contributed by atoms with E-state index in [1.165, 1.54) is 0 Å². The Morgan fingerprint density at radius 1 is 1.54 bits per heavy atom. The van der Waals surface area contributed by atoms with Crippen LogP contribution in [0, 0.1) is 5.41 Å². The van der Waals surface area contributed by atoms with E-state index in [9.17, 15) is 0 Å². The summed E-state index contributed by atoms with van der Waals surface area (Å²) in [5.74, 6) is 1.35. The molecule has 0 aliphatic carbocycles. The van der Waals surface area contributed by atoms with Crippen molar-refractivity contribution in [3.8, 4) is 0 Å². The van der Waals surface area contributed by atoms with Gasteiger partial charge in [-0.1, -0.05) is 6.08 Å². The first-order valence-electron chi connectivity index (χ1n) is 3.99. The van der Waals surface area contributed by atoms with Gasteiger partial charge in [-0.3, -0.25) is 0 Å². The number of hydrogen-bond donors (Lipinski definition) is 2. The zero-order valence-corrected chi connectivity index (χ0v) is 9.02. The lowest BCUT2D eigenvalue weighted by atomic mass is 10.4. The number of halogens is 1. The highest BCUT2D eigenvalue weighted by Crippen LogP contribution is 1.94. The molecule has 0 saturated heterocycles. The van der Waals surface area contributed by atoms with Gasteiger partial charge in [0.1, 0.15) is 5.82 Å². The van der Waals surface area contributed by atoms with Crippen molar-refractivity contribution in [3.63, 3.8) is 0 Å². The quantitative estimate of drug-likeness (QED) is 0.526. The second kappa shape index (κ2) is 6.54. The van der Waals surface area contributed by atoms with E-state index in [-0.39, 0.29) is 0 Å². The number of nitrogens with one attached hydrogen (secondary N) is 2. The molecule has 0 unspecified atom stereocenters. The average Bonchev–Trinajstić information content (AvgIpc) is 2.02. The van der Waals surface area contributed by atoms with Crippen molar-refractivity contribution in [2.24, 2.45) is 0 Å². The molecule has 0 spiro atoms. The van der Waals surface area contributed by atoms with Crippen molar-refractivity contribution in [2.75, 3.05) is 20.0 Å². The van der Waals surface area contributed by atoms with Gasteiger partial charge in [-0.05, 0) is 19.2 Å². The predicted octanol–water partition coefficient (Wildman–Crippen LogP) is 1.77. The number of nitrogens with zero attached hydrogens (tertiary/aromatic N) is 1. The predicted molar refractivity (Wildman–Crippen MR) is 58.2 cm³/mol. The first-order valence-corrected chi connectivity index (χ1v) is 4.53. The maximum atomic E-state index is 7.31. The first-order chi connectivity index (χ1) is 6.07. The molecule has 0 saturated carbocycles. The minimum atomic E-state index is 0.483. The molecule has 0 bridgehead atoms. The van der Waals surface area contributed by atoms with Crippen molar-refractivity contribution in [1.29, 1.82) is 5.41 Å². The summed E-state index contributed by atoms with van der Waals surface area (Å²) in [5.41, 5.74) is 0.510. The molecule has 4 heteroatoms. The van der Waals surface area contributed by atoms with Gasteiger partial charge in [-0.25, -0.2) is 0 Å². The SMILES string of the molecule is CC(=N)/C=C(\N/C=C\CCl)N(C)C. The third kappa shape index (κ3) is 6.22. The van der Waals surface area contributed by atoms with Gasteiger partial charge >= 0.3 is 0 Å². The van der Waals surface area contributed by atoms with Crippen LogP contribution in [0.15, 0.2) is 24.2 Å². The van der Waals surface area contributed by atoms with E-state index in [2.05, 4.69) is 5.32 Å². The van der Waals surface area contributed by atoms with Crippen LogP contribution in [0.25, 0.3) is 0 Å². The molecule has 0 radical (unpaired) electrons. The number of rotatable bonds is 5. The lowest BCUT2D eigenvalue weighted by Crippen LogP contribution is -2.22. The first kappa shape index (κ1) is 12.0. The lowest BCUT2D eigenvalue weighted by Gasteiger charge is -2.16. The van der Waals surface area contributed by atoms with Crippen molar-refractivity contribution < 1.29 is 0 Å². The molecule has 0 aliphatic heterocycles. The highest BCUT2D eigenvalue weighted by Gasteiger charge is 1.95. The molecule has 13 heavy (non-hydrogen) atoms. The van der Waals surface area contributed by atoms with Crippen LogP contribution in [0.4, 0.5) is 0 Å². The highest BCUT2D eigenvalue weighted by atomic mass is 35.5. The Bertz CT molecular complexity index is 219. The smallest absolute Gasteiger partial charge is 0.107 e. The zero-order valence-electron chi connectivity index (χ0n) is 8.26. The van der Waals surface area contributed by atoms with Crippen molar-refractivity contribution in [2.45, 2.75) is 6.92 Å². The van der Waals surface area contributed by atoms with Gasteiger partial charge in [0.25, 0.3) is 0 Å². The lowest BCUT2D eigenvalue weighted by molar-refractivity contribution is 0.483. The Hall–Kier alpha value is -0.960. The Morgan fingerprint density at radius 2 is 2.15 bits per heavy atom. The molecule has 0 amide bonds. The van der Waals surface area contributed by atoms with E-state index in [1.807, 2.05) is 19.0 Å². The molecule has 0 fully saturated rings. The molecule has 0 heterocycles. The number of allylic oxidation sites excluding steroid dienone is 2. The van der Waals surface area contributed by atoms with Gasteiger partial charge in [0.15, 0.2) is 0 Å². The molecular weight excluding hydrogens is 186 g/mol. The topological polar surface area (TPSA) is 39.1 Å². The second-order valence-electron chi connectivity index (χ2n) is 2.81. The minimum Gasteiger partial charge on any atom is -0.364 e. The molecule has 0 atom stereocenters. The Balaban J connectivity index is 4.27. The summed E-state index contributed by atoms with van der Waals surface area (Å²) in [6.45, 7) is 1.73. The third-order valence-corrected chi connectivity index (χ3v) is 1.45. The standard InChI is InChI=1S/C9H16ClN3/c1-8(11)7-9(13(2)3)12-6-4-5-10/h4,6-7,11-12H,5H2,1-3H3/b6-4-,9-7+,11-8?. The van der Waals surface area contributed by atoms with Crippen LogP contribution in [0.5, 0.6) is 0 Å². The maximum absolute atomic E-state index is 7.31. The molecule has 3 nitrogen and oxygen atoms in total. The summed E-state index contributed by atoms with van der Waals surface area (Å²) in [5, 5.41) is 10.3. The molecule has 0 aromatic carbocycles. The summed E-state index contributed by atoms with van der Waals surface area (Å²) in [7, 11) is 3.83. The van der Waals surface area contributed by atoms with Crippen molar-refractivity contribution >= 4 is 17.3 Å². The van der Waals surface area contributed by atoms with Crippen molar-refractivity contribution in [3.05, 3.63) is 24.2 Å². The molecular formula is C9H16ClN3. The van der Waals surface area contributed by atoms with Gasteiger partial charge in [0, 0.05) is 25.7 Å². The van der Waals surface area contributed by atoms with Crippen LogP contribution >= 0.6 is 11.6 Å². The second-order valence-corrected chi connectivity index (χ2v) is 3.12. The largest absolute Gasteiger partial charge is 0.364 e. The minimum absolute atomic E-state index is 0.483.